The average molecular weight is 320 g/mol. The van der Waals surface area contributed by atoms with Gasteiger partial charge < -0.3 is 10.4 Å². The second kappa shape index (κ2) is 7.98. The molecule has 0 bridgehead atoms. The number of nitrogens with one attached hydrogen (secondary N) is 1. The number of aromatic hydroxyl groups is 1. The number of amides is 1. The number of nitrogens with zero attached hydrogens (tertiary/aromatic N) is 1. The lowest BCUT2D eigenvalue weighted by atomic mass is 10.0. The number of hydrogen-bond donors (Lipinski definition) is 2. The Balaban J connectivity index is 2.05. The van der Waals surface area contributed by atoms with Crippen molar-refractivity contribution >= 4 is 12.0 Å². The summed E-state index contributed by atoms with van der Waals surface area (Å²) >= 11 is 0. The van der Waals surface area contributed by atoms with Gasteiger partial charge in [0.1, 0.15) is 17.4 Å². The van der Waals surface area contributed by atoms with Crippen LogP contribution in [-0.4, -0.2) is 17.6 Å². The van der Waals surface area contributed by atoms with E-state index in [1.54, 1.807) is 26.0 Å². The maximum absolute atomic E-state index is 12.2. The van der Waals surface area contributed by atoms with Gasteiger partial charge in [-0.25, -0.2) is 0 Å². The molecule has 0 saturated carbocycles. The molecule has 4 heteroatoms. The third-order valence-electron chi connectivity index (χ3n) is 3.73. The monoisotopic (exact) mass is 320 g/mol. The van der Waals surface area contributed by atoms with Crippen LogP contribution >= 0.6 is 0 Å². The summed E-state index contributed by atoms with van der Waals surface area (Å²) < 4.78 is 0. The summed E-state index contributed by atoms with van der Waals surface area (Å²) in [6, 6.07) is 15.3. The highest BCUT2D eigenvalue weighted by Gasteiger charge is 2.10. The number of carbonyl (C=O) groups is 1. The minimum atomic E-state index is -0.392. The Morgan fingerprint density at radius 1 is 1.21 bits per heavy atom. The van der Waals surface area contributed by atoms with Crippen molar-refractivity contribution in [3.63, 3.8) is 0 Å². The van der Waals surface area contributed by atoms with Gasteiger partial charge in [0, 0.05) is 6.54 Å². The normalized spacial score (nSPS) is 11.0. The molecule has 2 aromatic rings. The molecule has 0 saturated heterocycles. The minimum Gasteiger partial charge on any atom is -0.507 e. The zero-order valence-corrected chi connectivity index (χ0v) is 13.8. The molecule has 0 radical (unpaired) electrons. The highest BCUT2D eigenvalue weighted by atomic mass is 16.3. The number of phenols is 1. The zero-order chi connectivity index (χ0) is 17.5. The average Bonchev–Trinajstić information content (AvgIpc) is 2.58. The second-order valence-corrected chi connectivity index (χ2v) is 5.66. The molecule has 0 atom stereocenters. The molecule has 0 aliphatic carbocycles. The number of hydrogen-bond acceptors (Lipinski definition) is 3. The standard InChI is InChI=1S/C20H20N2O2/c1-14-10-17(11-15(2)19(14)23)12-18(13-21)20(24)22-9-8-16-6-4-3-5-7-16/h3-7,10-12,23H,8-9H2,1-2H3,(H,22,24)/b18-12+. The van der Waals surface area contributed by atoms with E-state index >= 15 is 0 Å². The van der Waals surface area contributed by atoms with Crippen molar-refractivity contribution in [1.29, 1.82) is 5.26 Å². The lowest BCUT2D eigenvalue weighted by Crippen LogP contribution is -2.26. The highest BCUT2D eigenvalue weighted by Crippen LogP contribution is 2.24. The van der Waals surface area contributed by atoms with Gasteiger partial charge in [-0.2, -0.15) is 5.26 Å². The van der Waals surface area contributed by atoms with Crippen LogP contribution in [0.3, 0.4) is 0 Å². The van der Waals surface area contributed by atoms with Gasteiger partial charge in [0.25, 0.3) is 5.91 Å². The Bertz CT molecular complexity index is 779. The SMILES string of the molecule is Cc1cc(/C=C(\C#N)C(=O)NCCc2ccccc2)cc(C)c1O. The topological polar surface area (TPSA) is 73.1 Å². The van der Waals surface area contributed by atoms with Gasteiger partial charge in [0.05, 0.1) is 0 Å². The summed E-state index contributed by atoms with van der Waals surface area (Å²) in [5.41, 5.74) is 3.32. The van der Waals surface area contributed by atoms with Crippen LogP contribution in [0.4, 0.5) is 0 Å². The molecule has 0 fully saturated rings. The summed E-state index contributed by atoms with van der Waals surface area (Å²) in [5, 5.41) is 21.8. The van der Waals surface area contributed by atoms with E-state index in [2.05, 4.69) is 5.32 Å². The molecule has 0 spiro atoms. The van der Waals surface area contributed by atoms with Crippen LogP contribution in [0.1, 0.15) is 22.3 Å². The molecule has 0 heterocycles. The van der Waals surface area contributed by atoms with Crippen molar-refractivity contribution in [3.05, 3.63) is 70.3 Å². The number of benzene rings is 2. The highest BCUT2D eigenvalue weighted by molar-refractivity contribution is 6.01. The van der Waals surface area contributed by atoms with Gasteiger partial charge >= 0.3 is 0 Å². The van der Waals surface area contributed by atoms with E-state index in [9.17, 15) is 15.2 Å². The first kappa shape index (κ1) is 17.3. The van der Waals surface area contributed by atoms with Crippen LogP contribution in [0.15, 0.2) is 48.0 Å². The molecule has 2 N–H and O–H groups in total. The first-order valence-corrected chi connectivity index (χ1v) is 7.75. The molecule has 0 aliphatic heterocycles. The molecule has 1 amide bonds. The first-order valence-electron chi connectivity index (χ1n) is 7.75. The van der Waals surface area contributed by atoms with Crippen molar-refractivity contribution in [3.8, 4) is 11.8 Å². The summed E-state index contributed by atoms with van der Waals surface area (Å²) in [6.45, 7) is 4.03. The van der Waals surface area contributed by atoms with Crippen molar-refractivity contribution < 1.29 is 9.90 Å². The van der Waals surface area contributed by atoms with Gasteiger partial charge in [-0.15, -0.1) is 0 Å². The van der Waals surface area contributed by atoms with Crippen molar-refractivity contribution in [1.82, 2.24) is 5.32 Å². The quantitative estimate of drug-likeness (QED) is 0.656. The van der Waals surface area contributed by atoms with Crippen molar-refractivity contribution in [2.75, 3.05) is 6.54 Å². The molecule has 0 aliphatic rings. The van der Waals surface area contributed by atoms with E-state index in [4.69, 9.17) is 0 Å². The molecule has 2 aromatic carbocycles. The van der Waals surface area contributed by atoms with Gasteiger partial charge in [-0.05, 0) is 60.7 Å². The molecule has 0 unspecified atom stereocenters. The molecule has 4 nitrogen and oxygen atoms in total. The van der Waals surface area contributed by atoms with Crippen LogP contribution in [0, 0.1) is 25.2 Å². The zero-order valence-electron chi connectivity index (χ0n) is 13.8. The van der Waals surface area contributed by atoms with E-state index in [0.717, 1.165) is 11.1 Å². The van der Waals surface area contributed by atoms with Crippen LogP contribution in [-0.2, 0) is 11.2 Å². The van der Waals surface area contributed by atoms with Crippen molar-refractivity contribution in [2.45, 2.75) is 20.3 Å². The summed E-state index contributed by atoms with van der Waals surface area (Å²) in [6.07, 6.45) is 2.25. The fourth-order valence-electron chi connectivity index (χ4n) is 2.45. The van der Waals surface area contributed by atoms with Crippen LogP contribution in [0.25, 0.3) is 6.08 Å². The van der Waals surface area contributed by atoms with Crippen LogP contribution < -0.4 is 5.32 Å². The van der Waals surface area contributed by atoms with E-state index in [1.165, 1.54) is 6.08 Å². The van der Waals surface area contributed by atoms with Gasteiger partial charge in [-0.3, -0.25) is 4.79 Å². The van der Waals surface area contributed by atoms with E-state index < -0.39 is 5.91 Å². The summed E-state index contributed by atoms with van der Waals surface area (Å²) in [5.74, 6) is -0.158. The number of rotatable bonds is 5. The number of aryl methyl sites for hydroxylation is 2. The molecule has 2 rings (SSSR count). The Kier molecular flexibility index (Phi) is 5.75. The van der Waals surface area contributed by atoms with E-state index in [1.807, 2.05) is 36.4 Å². The van der Waals surface area contributed by atoms with Crippen LogP contribution in [0.2, 0.25) is 0 Å². The Hall–Kier alpha value is -3.06. The smallest absolute Gasteiger partial charge is 0.261 e. The predicted octanol–water partition coefficient (Wildman–Crippen LogP) is 3.27. The molecular formula is C20H20N2O2. The Labute approximate surface area is 142 Å². The third kappa shape index (κ3) is 4.47. The lowest BCUT2D eigenvalue weighted by molar-refractivity contribution is -0.117. The molecule has 122 valence electrons. The van der Waals surface area contributed by atoms with E-state index in [0.29, 0.717) is 24.1 Å². The summed E-state index contributed by atoms with van der Waals surface area (Å²) in [7, 11) is 0. The molecule has 0 aromatic heterocycles. The Morgan fingerprint density at radius 3 is 2.42 bits per heavy atom. The fraction of sp³-hybridized carbons (Fsp3) is 0.200. The van der Waals surface area contributed by atoms with E-state index in [-0.39, 0.29) is 11.3 Å². The predicted molar refractivity (Wildman–Crippen MR) is 94.3 cm³/mol. The first-order chi connectivity index (χ1) is 11.5. The third-order valence-corrected chi connectivity index (χ3v) is 3.73. The lowest BCUT2D eigenvalue weighted by Gasteiger charge is -2.07. The Morgan fingerprint density at radius 2 is 1.83 bits per heavy atom. The maximum Gasteiger partial charge on any atom is 0.261 e. The van der Waals surface area contributed by atoms with Crippen molar-refractivity contribution in [2.24, 2.45) is 0 Å². The number of nitriles is 1. The van der Waals surface area contributed by atoms with Gasteiger partial charge in [0.15, 0.2) is 0 Å². The minimum absolute atomic E-state index is 0.0487. The van der Waals surface area contributed by atoms with Gasteiger partial charge in [0.2, 0.25) is 0 Å². The second-order valence-electron chi connectivity index (χ2n) is 5.66. The van der Waals surface area contributed by atoms with Crippen LogP contribution in [0.5, 0.6) is 5.75 Å². The molecular weight excluding hydrogens is 300 g/mol. The molecule has 24 heavy (non-hydrogen) atoms. The summed E-state index contributed by atoms with van der Waals surface area (Å²) in [4.78, 5) is 12.2. The number of carbonyl (C=O) groups excluding carboxylic acids is 1. The fourth-order valence-corrected chi connectivity index (χ4v) is 2.45. The number of phenolic OH excluding ortho intramolecular Hbond substituents is 1. The largest absolute Gasteiger partial charge is 0.507 e. The maximum atomic E-state index is 12.2. The van der Waals surface area contributed by atoms with Gasteiger partial charge in [-0.1, -0.05) is 30.3 Å².